The molecule has 92 valence electrons. The Labute approximate surface area is 87.8 Å². The first-order chi connectivity index (χ1) is 7.23. The van der Waals surface area contributed by atoms with E-state index in [4.69, 9.17) is 5.11 Å². The van der Waals surface area contributed by atoms with Gasteiger partial charge in [-0.05, 0) is 12.8 Å². The van der Waals surface area contributed by atoms with Gasteiger partial charge in [0.05, 0.1) is 6.54 Å². The maximum atomic E-state index is 12.9. The third-order valence-corrected chi connectivity index (χ3v) is 2.31. The maximum Gasteiger partial charge on any atom is 0.471 e. The monoisotopic (exact) mass is 243 g/mol. The minimum absolute atomic E-state index is 0.0382. The molecule has 0 spiro atoms. The summed E-state index contributed by atoms with van der Waals surface area (Å²) in [5, 5.41) is 8.63. The number of carbonyl (C=O) groups is 2. The largest absolute Gasteiger partial charge is 0.480 e. The highest BCUT2D eigenvalue weighted by Gasteiger charge is 2.48. The average Bonchev–Trinajstić information content (AvgIpc) is 2.14. The van der Waals surface area contributed by atoms with E-state index in [2.05, 4.69) is 0 Å². The van der Waals surface area contributed by atoms with Crippen LogP contribution in [0.5, 0.6) is 0 Å². The summed E-state index contributed by atoms with van der Waals surface area (Å²) in [5.74, 6) is -3.85. The Morgan fingerprint density at radius 1 is 1.25 bits per heavy atom. The van der Waals surface area contributed by atoms with Crippen molar-refractivity contribution in [3.63, 3.8) is 0 Å². The van der Waals surface area contributed by atoms with Crippen molar-refractivity contribution in [2.75, 3.05) is 6.54 Å². The number of hydrogen-bond donors (Lipinski definition) is 1. The molecule has 0 aromatic heterocycles. The van der Waals surface area contributed by atoms with Crippen molar-refractivity contribution in [2.45, 2.75) is 31.2 Å². The number of alkyl halides is 4. The quantitative estimate of drug-likeness (QED) is 0.698. The Hall–Kier alpha value is -1.34. The number of nitrogens with zero attached hydrogens (tertiary/aromatic N) is 1. The highest BCUT2D eigenvalue weighted by Crippen LogP contribution is 2.26. The van der Waals surface area contributed by atoms with Gasteiger partial charge in [-0.3, -0.25) is 4.79 Å². The molecule has 0 aromatic carbocycles. The van der Waals surface area contributed by atoms with E-state index in [1.54, 1.807) is 0 Å². The lowest BCUT2D eigenvalue weighted by Crippen LogP contribution is -2.55. The van der Waals surface area contributed by atoms with Gasteiger partial charge in [-0.25, -0.2) is 9.18 Å². The predicted octanol–water partition coefficient (Wildman–Crippen LogP) is 0.962. The predicted molar refractivity (Wildman–Crippen MR) is 43.3 cm³/mol. The molecule has 1 fully saturated rings. The fraction of sp³-hybridized carbons (Fsp3) is 0.750. The number of hydrogen-bond acceptors (Lipinski definition) is 2. The molecule has 0 aromatic rings. The number of carbonyl (C=O) groups excluding carboxylic acids is 1. The van der Waals surface area contributed by atoms with Crippen molar-refractivity contribution in [3.8, 4) is 0 Å². The Balaban J connectivity index is 2.87. The van der Waals surface area contributed by atoms with Crippen LogP contribution in [0.15, 0.2) is 0 Å². The van der Waals surface area contributed by atoms with Crippen LogP contribution in [0.4, 0.5) is 17.6 Å². The number of rotatable bonds is 1. The SMILES string of the molecule is O=C(O)[C@@H]1CC[C@@H](F)CN1C(=O)C(F)(F)F. The number of piperidine rings is 1. The van der Waals surface area contributed by atoms with Crippen LogP contribution >= 0.6 is 0 Å². The molecule has 0 radical (unpaired) electrons. The van der Waals surface area contributed by atoms with E-state index >= 15 is 0 Å². The zero-order valence-electron chi connectivity index (χ0n) is 8.00. The summed E-state index contributed by atoms with van der Waals surface area (Å²) in [4.78, 5) is 21.5. The smallest absolute Gasteiger partial charge is 0.471 e. The van der Waals surface area contributed by atoms with Crippen LogP contribution in [-0.2, 0) is 9.59 Å². The second-order valence-corrected chi connectivity index (χ2v) is 3.48. The summed E-state index contributed by atoms with van der Waals surface area (Å²) >= 11 is 0. The molecular formula is C8H9F4NO3. The maximum absolute atomic E-state index is 12.9. The van der Waals surface area contributed by atoms with E-state index in [0.29, 0.717) is 0 Å². The van der Waals surface area contributed by atoms with Crippen molar-refractivity contribution in [2.24, 2.45) is 0 Å². The molecule has 4 nitrogen and oxygen atoms in total. The number of carboxylic acids is 1. The molecule has 2 atom stereocenters. The molecule has 0 saturated carbocycles. The molecule has 1 heterocycles. The molecule has 8 heteroatoms. The second kappa shape index (κ2) is 4.26. The van der Waals surface area contributed by atoms with Gasteiger partial charge in [-0.1, -0.05) is 0 Å². The zero-order valence-corrected chi connectivity index (χ0v) is 8.00. The zero-order chi connectivity index (χ0) is 12.5. The molecule has 1 saturated heterocycles. The summed E-state index contributed by atoms with van der Waals surface area (Å²) in [7, 11) is 0. The fourth-order valence-electron chi connectivity index (χ4n) is 1.57. The van der Waals surface area contributed by atoms with Gasteiger partial charge in [-0.2, -0.15) is 13.2 Å². The van der Waals surface area contributed by atoms with Crippen molar-refractivity contribution in [1.29, 1.82) is 0 Å². The van der Waals surface area contributed by atoms with Crippen molar-refractivity contribution >= 4 is 11.9 Å². The second-order valence-electron chi connectivity index (χ2n) is 3.48. The van der Waals surface area contributed by atoms with Crippen LogP contribution < -0.4 is 0 Å². The lowest BCUT2D eigenvalue weighted by molar-refractivity contribution is -0.192. The van der Waals surface area contributed by atoms with Gasteiger partial charge >= 0.3 is 18.1 Å². The lowest BCUT2D eigenvalue weighted by Gasteiger charge is -2.34. The first-order valence-corrected chi connectivity index (χ1v) is 4.48. The van der Waals surface area contributed by atoms with E-state index in [9.17, 15) is 27.2 Å². The molecule has 0 aliphatic carbocycles. The fourth-order valence-corrected chi connectivity index (χ4v) is 1.57. The van der Waals surface area contributed by atoms with E-state index in [-0.39, 0.29) is 17.7 Å². The molecule has 16 heavy (non-hydrogen) atoms. The van der Waals surface area contributed by atoms with Crippen LogP contribution in [-0.4, -0.2) is 46.8 Å². The first-order valence-electron chi connectivity index (χ1n) is 4.48. The molecule has 1 aliphatic rings. The normalized spacial score (nSPS) is 26.6. The number of halogens is 4. The van der Waals surface area contributed by atoms with Gasteiger partial charge in [0.2, 0.25) is 0 Å². The number of likely N-dealkylation sites (tertiary alicyclic amines) is 1. The summed E-state index contributed by atoms with van der Waals surface area (Å²) in [6.45, 7) is -0.824. The van der Waals surface area contributed by atoms with Gasteiger partial charge in [0.25, 0.3) is 0 Å². The summed E-state index contributed by atoms with van der Waals surface area (Å²) in [6.07, 6.45) is -7.25. The molecule has 1 N–H and O–H groups in total. The van der Waals surface area contributed by atoms with E-state index in [1.807, 2.05) is 0 Å². The number of amides is 1. The Morgan fingerprint density at radius 3 is 2.25 bits per heavy atom. The molecular weight excluding hydrogens is 234 g/mol. The van der Waals surface area contributed by atoms with Gasteiger partial charge < -0.3 is 10.0 Å². The standard InChI is InChI=1S/C8H9F4NO3/c9-4-1-2-5(6(14)15)13(3-4)7(16)8(10,11)12/h4-5H,1-3H2,(H,14,15)/t4-,5+/m1/s1. The minimum Gasteiger partial charge on any atom is -0.480 e. The van der Waals surface area contributed by atoms with Crippen LogP contribution in [0.1, 0.15) is 12.8 Å². The average molecular weight is 243 g/mol. The van der Waals surface area contributed by atoms with E-state index in [0.717, 1.165) is 0 Å². The van der Waals surface area contributed by atoms with Crippen LogP contribution in [0, 0.1) is 0 Å². The lowest BCUT2D eigenvalue weighted by atomic mass is 10.0. The third kappa shape index (κ3) is 2.61. The Bertz CT molecular complexity index is 304. The number of aliphatic carboxylic acids is 1. The van der Waals surface area contributed by atoms with Crippen LogP contribution in [0.2, 0.25) is 0 Å². The van der Waals surface area contributed by atoms with Gasteiger partial charge in [0.15, 0.2) is 0 Å². The van der Waals surface area contributed by atoms with Crippen LogP contribution in [0.3, 0.4) is 0 Å². The third-order valence-electron chi connectivity index (χ3n) is 2.31. The summed E-state index contributed by atoms with van der Waals surface area (Å²) < 4.78 is 49.1. The summed E-state index contributed by atoms with van der Waals surface area (Å²) in [5.41, 5.74) is 0. The highest BCUT2D eigenvalue weighted by molar-refractivity contribution is 5.87. The number of carboxylic acid groups (broad SMARTS) is 1. The van der Waals surface area contributed by atoms with Gasteiger partial charge in [-0.15, -0.1) is 0 Å². The Morgan fingerprint density at radius 2 is 1.81 bits per heavy atom. The topological polar surface area (TPSA) is 57.6 Å². The van der Waals surface area contributed by atoms with E-state index < -0.39 is 36.8 Å². The minimum atomic E-state index is -5.18. The van der Waals surface area contributed by atoms with Crippen molar-refractivity contribution in [3.05, 3.63) is 0 Å². The summed E-state index contributed by atoms with van der Waals surface area (Å²) in [6, 6.07) is -1.60. The first kappa shape index (κ1) is 12.7. The van der Waals surface area contributed by atoms with Crippen molar-refractivity contribution in [1.82, 2.24) is 4.90 Å². The van der Waals surface area contributed by atoms with Gasteiger partial charge in [0, 0.05) is 0 Å². The van der Waals surface area contributed by atoms with Crippen LogP contribution in [0.25, 0.3) is 0 Å². The van der Waals surface area contributed by atoms with Crippen molar-refractivity contribution < 1.29 is 32.3 Å². The van der Waals surface area contributed by atoms with E-state index in [1.165, 1.54) is 0 Å². The van der Waals surface area contributed by atoms with Gasteiger partial charge in [0.1, 0.15) is 12.2 Å². The highest BCUT2D eigenvalue weighted by atomic mass is 19.4. The molecule has 1 aliphatic heterocycles. The molecule has 1 amide bonds. The molecule has 1 rings (SSSR count). The molecule has 0 bridgehead atoms. The molecule has 0 unspecified atom stereocenters. The Kier molecular flexibility index (Phi) is 3.39.